The molecule has 6 heteroatoms. The second kappa shape index (κ2) is 5.16. The molecule has 16 heavy (non-hydrogen) atoms. The van der Waals surface area contributed by atoms with Crippen LogP contribution >= 0.6 is 11.8 Å². The molecule has 0 spiro atoms. The summed E-state index contributed by atoms with van der Waals surface area (Å²) in [6.07, 6.45) is 0. The first-order valence-corrected chi connectivity index (χ1v) is 5.63. The van der Waals surface area contributed by atoms with Crippen LogP contribution in [0.15, 0.2) is 16.0 Å². The topological polar surface area (TPSA) is 61.2 Å². The maximum atomic E-state index is 11.5. The smallest absolute Gasteiger partial charge is 0.318 e. The monoisotopic (exact) mass is 242 g/mol. The number of thioether (sulfide) groups is 1. The van der Waals surface area contributed by atoms with Crippen LogP contribution in [0.2, 0.25) is 0 Å². The van der Waals surface area contributed by atoms with E-state index in [1.54, 1.807) is 20.9 Å². The van der Waals surface area contributed by atoms with Gasteiger partial charge < -0.3 is 4.74 Å². The van der Waals surface area contributed by atoms with Gasteiger partial charge in [0.15, 0.2) is 5.16 Å². The van der Waals surface area contributed by atoms with E-state index in [0.717, 1.165) is 0 Å². The van der Waals surface area contributed by atoms with Crippen LogP contribution in [-0.4, -0.2) is 27.9 Å². The Labute approximate surface area is 97.8 Å². The van der Waals surface area contributed by atoms with Gasteiger partial charge in [0.1, 0.15) is 5.25 Å². The number of esters is 1. The summed E-state index contributed by atoms with van der Waals surface area (Å²) in [5, 5.41) is 0.132. The predicted molar refractivity (Wildman–Crippen MR) is 61.6 cm³/mol. The first-order chi connectivity index (χ1) is 7.45. The summed E-state index contributed by atoms with van der Waals surface area (Å²) in [6, 6.07) is 1.45. The lowest BCUT2D eigenvalue weighted by atomic mass is 10.4. The zero-order valence-corrected chi connectivity index (χ0v) is 10.5. The van der Waals surface area contributed by atoms with Gasteiger partial charge in [-0.15, -0.1) is 0 Å². The Kier molecular flexibility index (Phi) is 4.12. The van der Waals surface area contributed by atoms with Gasteiger partial charge in [0.05, 0.1) is 7.11 Å². The van der Waals surface area contributed by atoms with E-state index in [4.69, 9.17) is 0 Å². The predicted octanol–water partition coefficient (Wildman–Crippen LogP) is 0.742. The van der Waals surface area contributed by atoms with Crippen LogP contribution in [0.25, 0.3) is 0 Å². The Hall–Kier alpha value is -1.30. The average Bonchev–Trinajstić information content (AvgIpc) is 2.23. The quantitative estimate of drug-likeness (QED) is 0.444. The van der Waals surface area contributed by atoms with E-state index < -0.39 is 0 Å². The number of aryl methyl sites for hydroxylation is 1. The van der Waals surface area contributed by atoms with Gasteiger partial charge in [-0.05, 0) is 13.8 Å². The lowest BCUT2D eigenvalue weighted by Gasteiger charge is -2.11. The maximum Gasteiger partial charge on any atom is 0.318 e. The first kappa shape index (κ1) is 12.8. The summed E-state index contributed by atoms with van der Waals surface area (Å²) in [4.78, 5) is 26.9. The molecule has 0 fully saturated rings. The lowest BCUT2D eigenvalue weighted by Crippen LogP contribution is -2.22. The first-order valence-electron chi connectivity index (χ1n) is 4.75. The van der Waals surface area contributed by atoms with Gasteiger partial charge in [-0.25, -0.2) is 4.98 Å². The number of nitrogens with zero attached hydrogens (tertiary/aromatic N) is 2. The molecule has 0 radical (unpaired) electrons. The van der Waals surface area contributed by atoms with Crippen molar-refractivity contribution in [2.75, 3.05) is 7.11 Å². The van der Waals surface area contributed by atoms with E-state index in [1.807, 2.05) is 0 Å². The van der Waals surface area contributed by atoms with Gasteiger partial charge in [0.2, 0.25) is 0 Å². The third kappa shape index (κ3) is 2.85. The lowest BCUT2D eigenvalue weighted by molar-refractivity contribution is -0.139. The molecule has 0 aliphatic carbocycles. The SMILES string of the molecule is COC(=O)C(C)Sc1nc(C)cc(=O)n1C. The molecular weight excluding hydrogens is 228 g/mol. The van der Waals surface area contributed by atoms with Crippen molar-refractivity contribution in [3.05, 3.63) is 22.1 Å². The summed E-state index contributed by atoms with van der Waals surface area (Å²) in [6.45, 7) is 3.46. The second-order valence-electron chi connectivity index (χ2n) is 3.36. The highest BCUT2D eigenvalue weighted by Crippen LogP contribution is 2.20. The Morgan fingerprint density at radius 3 is 2.81 bits per heavy atom. The fourth-order valence-electron chi connectivity index (χ4n) is 1.11. The minimum atomic E-state index is -0.384. The third-order valence-corrected chi connectivity index (χ3v) is 3.16. The maximum absolute atomic E-state index is 11.5. The van der Waals surface area contributed by atoms with Crippen LogP contribution in [0.4, 0.5) is 0 Å². The van der Waals surface area contributed by atoms with Crippen molar-refractivity contribution in [1.82, 2.24) is 9.55 Å². The molecule has 1 rings (SSSR count). The van der Waals surface area contributed by atoms with Crippen LogP contribution in [-0.2, 0) is 16.6 Å². The molecule has 0 aliphatic rings. The Morgan fingerprint density at radius 1 is 1.62 bits per heavy atom. The molecule has 88 valence electrons. The van der Waals surface area contributed by atoms with Crippen LogP contribution in [0.5, 0.6) is 0 Å². The number of hydrogen-bond donors (Lipinski definition) is 0. The molecule has 1 unspecified atom stereocenters. The Morgan fingerprint density at radius 2 is 2.25 bits per heavy atom. The van der Waals surface area contributed by atoms with Crippen molar-refractivity contribution in [2.24, 2.45) is 7.05 Å². The minimum Gasteiger partial charge on any atom is -0.468 e. The molecular formula is C10H14N2O3S. The van der Waals surface area contributed by atoms with E-state index in [0.29, 0.717) is 10.9 Å². The molecule has 1 aromatic heterocycles. The molecule has 0 bridgehead atoms. The second-order valence-corrected chi connectivity index (χ2v) is 4.67. The van der Waals surface area contributed by atoms with Crippen LogP contribution < -0.4 is 5.56 Å². The molecule has 0 aromatic carbocycles. The zero-order chi connectivity index (χ0) is 12.3. The van der Waals surface area contributed by atoms with E-state index in [2.05, 4.69) is 9.72 Å². The fraction of sp³-hybridized carbons (Fsp3) is 0.500. The van der Waals surface area contributed by atoms with Crippen molar-refractivity contribution in [1.29, 1.82) is 0 Å². The van der Waals surface area contributed by atoms with E-state index in [1.165, 1.54) is 29.5 Å². The molecule has 1 aromatic rings. The number of carbonyl (C=O) groups is 1. The number of rotatable bonds is 3. The standard InChI is InChI=1S/C10H14N2O3S/c1-6-5-8(13)12(3)10(11-6)16-7(2)9(14)15-4/h5,7H,1-4H3. The zero-order valence-electron chi connectivity index (χ0n) is 9.68. The molecule has 5 nitrogen and oxygen atoms in total. The molecule has 0 aliphatic heterocycles. The van der Waals surface area contributed by atoms with Crippen LogP contribution in [0.3, 0.4) is 0 Å². The van der Waals surface area contributed by atoms with Gasteiger partial charge in [-0.3, -0.25) is 14.2 Å². The fourth-order valence-corrected chi connectivity index (χ4v) is 2.06. The van der Waals surface area contributed by atoms with Crippen molar-refractivity contribution in [3.63, 3.8) is 0 Å². The van der Waals surface area contributed by atoms with Gasteiger partial charge in [0, 0.05) is 18.8 Å². The van der Waals surface area contributed by atoms with E-state index in [9.17, 15) is 9.59 Å². The van der Waals surface area contributed by atoms with Crippen molar-refractivity contribution in [2.45, 2.75) is 24.3 Å². The van der Waals surface area contributed by atoms with E-state index >= 15 is 0 Å². The summed E-state index contributed by atoms with van der Waals surface area (Å²) in [5.41, 5.74) is 0.509. The highest BCUT2D eigenvalue weighted by Gasteiger charge is 2.17. The highest BCUT2D eigenvalue weighted by molar-refractivity contribution is 8.00. The van der Waals surface area contributed by atoms with Crippen molar-refractivity contribution in [3.8, 4) is 0 Å². The summed E-state index contributed by atoms with van der Waals surface area (Å²) in [5.74, 6) is -0.333. The Bertz CT molecular complexity index is 456. The summed E-state index contributed by atoms with van der Waals surface area (Å²) >= 11 is 1.21. The molecule has 1 atom stereocenters. The number of hydrogen-bond acceptors (Lipinski definition) is 5. The number of ether oxygens (including phenoxy) is 1. The minimum absolute atomic E-state index is 0.132. The molecule has 0 saturated carbocycles. The number of carbonyl (C=O) groups excluding carboxylic acids is 1. The number of methoxy groups -OCH3 is 1. The molecule has 1 heterocycles. The summed E-state index contributed by atoms with van der Waals surface area (Å²) < 4.78 is 6.02. The molecule has 0 N–H and O–H groups in total. The van der Waals surface area contributed by atoms with Crippen LogP contribution in [0.1, 0.15) is 12.6 Å². The number of aromatic nitrogens is 2. The molecule has 0 amide bonds. The van der Waals surface area contributed by atoms with Gasteiger partial charge in [-0.1, -0.05) is 11.8 Å². The van der Waals surface area contributed by atoms with Crippen molar-refractivity contribution >= 4 is 17.7 Å². The normalized spacial score (nSPS) is 12.2. The molecule has 0 saturated heterocycles. The van der Waals surface area contributed by atoms with Gasteiger partial charge in [0.25, 0.3) is 5.56 Å². The largest absolute Gasteiger partial charge is 0.468 e. The van der Waals surface area contributed by atoms with Crippen molar-refractivity contribution < 1.29 is 9.53 Å². The van der Waals surface area contributed by atoms with Gasteiger partial charge >= 0.3 is 5.97 Å². The third-order valence-electron chi connectivity index (χ3n) is 2.04. The Balaban J connectivity index is 2.97. The summed E-state index contributed by atoms with van der Waals surface area (Å²) in [7, 11) is 2.96. The highest BCUT2D eigenvalue weighted by atomic mass is 32.2. The van der Waals surface area contributed by atoms with Crippen LogP contribution in [0, 0.1) is 6.92 Å². The van der Waals surface area contributed by atoms with E-state index in [-0.39, 0.29) is 16.8 Å². The average molecular weight is 242 g/mol. The van der Waals surface area contributed by atoms with Gasteiger partial charge in [-0.2, -0.15) is 0 Å².